The van der Waals surface area contributed by atoms with Gasteiger partial charge in [0.25, 0.3) is 11.8 Å². The summed E-state index contributed by atoms with van der Waals surface area (Å²) in [6.07, 6.45) is 4.45. The van der Waals surface area contributed by atoms with Gasteiger partial charge in [0, 0.05) is 49.6 Å². The quantitative estimate of drug-likeness (QED) is 0.427. The molecule has 3 N–H and O–H groups in total. The lowest BCUT2D eigenvalue weighted by atomic mass is 9.58. The highest BCUT2D eigenvalue weighted by Gasteiger charge is 2.48. The Labute approximate surface area is 195 Å². The maximum absolute atomic E-state index is 12.7. The number of imidazole rings is 1. The Balaban J connectivity index is 1.18. The summed E-state index contributed by atoms with van der Waals surface area (Å²) < 4.78 is 3.10. The van der Waals surface area contributed by atoms with Gasteiger partial charge in [0.1, 0.15) is 0 Å². The second-order valence-corrected chi connectivity index (χ2v) is 10.3. The molecule has 0 unspecified atom stereocenters. The first kappa shape index (κ1) is 20.4. The number of fused-ring (bicyclic) bond motifs is 3. The summed E-state index contributed by atoms with van der Waals surface area (Å²) in [5, 5.41) is 9.10. The van der Waals surface area contributed by atoms with Gasteiger partial charge in [0.05, 0.1) is 15.9 Å². The van der Waals surface area contributed by atoms with Crippen LogP contribution in [0.15, 0.2) is 48.7 Å². The zero-order valence-electron chi connectivity index (χ0n) is 18.4. The number of nitrogens with one attached hydrogen (secondary N) is 3. The fraction of sp³-hybridized carbons (Fsp3) is 0.320. The molecule has 33 heavy (non-hydrogen) atoms. The normalized spacial score (nSPS) is 17.1. The van der Waals surface area contributed by atoms with Crippen LogP contribution in [0.1, 0.15) is 33.6 Å². The van der Waals surface area contributed by atoms with Gasteiger partial charge in [-0.3, -0.25) is 14.0 Å². The first-order valence-corrected chi connectivity index (χ1v) is 12.1. The number of aromatic nitrogens is 2. The topological polar surface area (TPSA) is 87.5 Å². The molecular weight excluding hydrogens is 434 g/mol. The van der Waals surface area contributed by atoms with E-state index in [1.807, 2.05) is 36.5 Å². The van der Waals surface area contributed by atoms with Gasteiger partial charge >= 0.3 is 0 Å². The van der Waals surface area contributed by atoms with E-state index in [9.17, 15) is 9.59 Å². The van der Waals surface area contributed by atoms with Crippen molar-refractivity contribution >= 4 is 38.3 Å². The molecule has 2 fully saturated rings. The first-order valence-electron chi connectivity index (χ1n) is 11.3. The van der Waals surface area contributed by atoms with Gasteiger partial charge in [-0.25, -0.2) is 4.98 Å². The highest BCUT2D eigenvalue weighted by molar-refractivity contribution is 7.23. The van der Waals surface area contributed by atoms with Crippen LogP contribution < -0.4 is 16.0 Å². The number of hydrogen-bond acceptors (Lipinski definition) is 5. The summed E-state index contributed by atoms with van der Waals surface area (Å²) in [5.74, 6) is 0.492. The van der Waals surface area contributed by atoms with Crippen molar-refractivity contribution in [3.8, 4) is 11.3 Å². The molecule has 0 radical (unpaired) electrons. The van der Waals surface area contributed by atoms with Gasteiger partial charge in [0.15, 0.2) is 4.96 Å². The Morgan fingerprint density at radius 1 is 1.12 bits per heavy atom. The monoisotopic (exact) mass is 459 g/mol. The van der Waals surface area contributed by atoms with Crippen LogP contribution in [0, 0.1) is 11.3 Å². The molecule has 8 heteroatoms. The van der Waals surface area contributed by atoms with Crippen molar-refractivity contribution in [3.63, 3.8) is 0 Å². The molecule has 1 spiro atoms. The lowest BCUT2D eigenvalue weighted by Gasteiger charge is -2.54. The smallest absolute Gasteiger partial charge is 0.251 e. The van der Waals surface area contributed by atoms with Crippen LogP contribution in [0.3, 0.4) is 0 Å². The third kappa shape index (κ3) is 3.50. The number of thiazole rings is 1. The van der Waals surface area contributed by atoms with E-state index >= 15 is 0 Å². The highest BCUT2D eigenvalue weighted by Crippen LogP contribution is 2.47. The van der Waals surface area contributed by atoms with Crippen molar-refractivity contribution in [3.05, 3.63) is 59.8 Å². The highest BCUT2D eigenvalue weighted by atomic mass is 32.1. The van der Waals surface area contributed by atoms with Crippen LogP contribution in [0.5, 0.6) is 0 Å². The molecule has 0 bridgehead atoms. The maximum Gasteiger partial charge on any atom is 0.251 e. The Bertz CT molecular complexity index is 1380. The molecule has 6 rings (SSSR count). The van der Waals surface area contributed by atoms with Gasteiger partial charge in [-0.1, -0.05) is 23.5 Å². The number of rotatable bonds is 5. The van der Waals surface area contributed by atoms with E-state index in [4.69, 9.17) is 4.98 Å². The van der Waals surface area contributed by atoms with Crippen LogP contribution in [0.25, 0.3) is 26.4 Å². The molecule has 3 heterocycles. The molecule has 1 saturated carbocycles. The molecule has 2 aliphatic rings. The second-order valence-electron chi connectivity index (χ2n) is 9.31. The third-order valence-corrected chi connectivity index (χ3v) is 8.04. The van der Waals surface area contributed by atoms with Crippen LogP contribution in [-0.4, -0.2) is 47.9 Å². The van der Waals surface area contributed by atoms with E-state index < -0.39 is 0 Å². The van der Waals surface area contributed by atoms with E-state index in [0.717, 1.165) is 46.1 Å². The summed E-state index contributed by atoms with van der Waals surface area (Å²) in [6, 6.07) is 13.3. The lowest BCUT2D eigenvalue weighted by Crippen LogP contribution is -2.61. The van der Waals surface area contributed by atoms with Gasteiger partial charge in [-0.15, -0.1) is 0 Å². The van der Waals surface area contributed by atoms with E-state index in [2.05, 4.69) is 20.4 Å². The van der Waals surface area contributed by atoms with Crippen LogP contribution in [0.2, 0.25) is 0 Å². The Hall–Kier alpha value is -3.23. The average molecular weight is 460 g/mol. The molecule has 1 aliphatic carbocycles. The molecule has 2 amide bonds. The molecule has 2 aromatic heterocycles. The SMILES string of the molecule is CNC(=O)c1ccc(-c2cn3c(n2)sc2cc(C(=O)NCC4CC5(CNC5)C4)ccc23)cc1. The van der Waals surface area contributed by atoms with Crippen LogP contribution in [0.4, 0.5) is 0 Å². The maximum atomic E-state index is 12.7. The Morgan fingerprint density at radius 2 is 1.88 bits per heavy atom. The molecule has 0 atom stereocenters. The van der Waals surface area contributed by atoms with Crippen LogP contribution >= 0.6 is 11.3 Å². The molecule has 1 saturated heterocycles. The fourth-order valence-electron chi connectivity index (χ4n) is 5.13. The van der Waals surface area contributed by atoms with Gasteiger partial charge in [-0.05, 0) is 54.5 Å². The Morgan fingerprint density at radius 3 is 2.58 bits per heavy atom. The van der Waals surface area contributed by atoms with E-state index in [-0.39, 0.29) is 11.8 Å². The molecule has 4 aromatic rings. The van der Waals surface area contributed by atoms with E-state index in [1.54, 1.807) is 30.5 Å². The fourth-order valence-corrected chi connectivity index (χ4v) is 6.18. The number of nitrogens with zero attached hydrogens (tertiary/aromatic N) is 2. The largest absolute Gasteiger partial charge is 0.355 e. The minimum Gasteiger partial charge on any atom is -0.355 e. The first-order chi connectivity index (χ1) is 16.0. The van der Waals surface area contributed by atoms with Gasteiger partial charge < -0.3 is 16.0 Å². The summed E-state index contributed by atoms with van der Waals surface area (Å²) in [7, 11) is 1.62. The van der Waals surface area contributed by atoms with E-state index in [1.165, 1.54) is 12.8 Å². The second kappa shape index (κ2) is 7.67. The van der Waals surface area contributed by atoms with Gasteiger partial charge in [0.2, 0.25) is 0 Å². The van der Waals surface area contributed by atoms with Gasteiger partial charge in [-0.2, -0.15) is 0 Å². The number of hydrogen-bond donors (Lipinski definition) is 3. The number of benzene rings is 2. The summed E-state index contributed by atoms with van der Waals surface area (Å²) in [6.45, 7) is 3.03. The molecular formula is C25H25N5O2S. The molecule has 1 aliphatic heterocycles. The van der Waals surface area contributed by atoms with Crippen molar-refractivity contribution in [1.82, 2.24) is 25.3 Å². The third-order valence-electron chi connectivity index (χ3n) is 7.02. The summed E-state index contributed by atoms with van der Waals surface area (Å²) in [5.41, 5.74) is 4.69. The van der Waals surface area contributed by atoms with E-state index in [0.29, 0.717) is 22.5 Å². The summed E-state index contributed by atoms with van der Waals surface area (Å²) >= 11 is 1.57. The van der Waals surface area contributed by atoms with Crippen molar-refractivity contribution in [2.24, 2.45) is 11.3 Å². The molecule has 168 valence electrons. The van der Waals surface area contributed by atoms with Crippen molar-refractivity contribution in [2.45, 2.75) is 12.8 Å². The predicted octanol–water partition coefficient (Wildman–Crippen LogP) is 3.31. The zero-order valence-corrected chi connectivity index (χ0v) is 19.2. The molecule has 7 nitrogen and oxygen atoms in total. The standard InChI is InChI=1S/C25H25N5O2S/c1-26-22(31)17-4-2-16(3-5-17)19-12-30-20-7-6-18(8-21(20)33-24(30)29-19)23(32)28-11-15-9-25(10-15)13-27-14-25/h2-8,12,15,27H,9-11,13-14H2,1H3,(H,26,31)(H,28,32). The van der Waals surface area contributed by atoms with Crippen molar-refractivity contribution < 1.29 is 9.59 Å². The minimum absolute atomic E-state index is 0.00693. The van der Waals surface area contributed by atoms with Crippen molar-refractivity contribution in [1.29, 1.82) is 0 Å². The minimum atomic E-state index is -0.106. The number of carbonyl (C=O) groups is 2. The summed E-state index contributed by atoms with van der Waals surface area (Å²) in [4.78, 5) is 30.1. The van der Waals surface area contributed by atoms with Crippen molar-refractivity contribution in [2.75, 3.05) is 26.7 Å². The van der Waals surface area contributed by atoms with Crippen LogP contribution in [-0.2, 0) is 0 Å². The Kier molecular flexibility index (Phi) is 4.74. The number of amides is 2. The average Bonchev–Trinajstić information content (AvgIpc) is 3.34. The predicted molar refractivity (Wildman–Crippen MR) is 130 cm³/mol. The zero-order chi connectivity index (χ0) is 22.6. The number of carbonyl (C=O) groups excluding carboxylic acids is 2. The lowest BCUT2D eigenvalue weighted by molar-refractivity contribution is 0.00143. The molecule has 2 aromatic carbocycles.